The van der Waals surface area contributed by atoms with E-state index in [0.717, 1.165) is 22.6 Å². The standard InChI is InChI=1S/C28H22F2N2O5/c1-3-4-19-13-18(15-24(36-2)25(19)37-16-17-5-7-20(29)8-6-17)14-23-26(33)31-28(35)32(27(23)34)22-11-9-21(30)10-12-22/h3,5-15H,1,4,16H2,2H3,(H,31,33,35)/b23-14+. The minimum absolute atomic E-state index is 0.108. The van der Waals surface area contributed by atoms with Crippen molar-refractivity contribution in [3.63, 3.8) is 0 Å². The first-order valence-corrected chi connectivity index (χ1v) is 11.2. The lowest BCUT2D eigenvalue weighted by Gasteiger charge is -2.26. The van der Waals surface area contributed by atoms with Gasteiger partial charge in [0.1, 0.15) is 23.8 Å². The Morgan fingerprint density at radius 2 is 1.62 bits per heavy atom. The highest BCUT2D eigenvalue weighted by atomic mass is 19.1. The Labute approximate surface area is 211 Å². The van der Waals surface area contributed by atoms with Crippen molar-refractivity contribution in [3.8, 4) is 11.5 Å². The second kappa shape index (κ2) is 10.9. The van der Waals surface area contributed by atoms with Crippen LogP contribution in [0.1, 0.15) is 16.7 Å². The maximum Gasteiger partial charge on any atom is 0.335 e. The second-order valence-electron chi connectivity index (χ2n) is 8.05. The summed E-state index contributed by atoms with van der Waals surface area (Å²) in [6.07, 6.45) is 3.37. The number of rotatable bonds is 8. The number of hydrogen-bond donors (Lipinski definition) is 1. The van der Waals surface area contributed by atoms with Gasteiger partial charge in [0.2, 0.25) is 0 Å². The molecule has 0 atom stereocenters. The van der Waals surface area contributed by atoms with E-state index in [0.29, 0.717) is 29.0 Å². The molecule has 0 aromatic heterocycles. The Kier molecular flexibility index (Phi) is 7.43. The van der Waals surface area contributed by atoms with Crippen molar-refractivity contribution in [2.45, 2.75) is 13.0 Å². The number of nitrogens with one attached hydrogen (secondary N) is 1. The number of allylic oxidation sites excluding steroid dienone is 1. The molecule has 7 nitrogen and oxygen atoms in total. The number of methoxy groups -OCH3 is 1. The predicted molar refractivity (Wildman–Crippen MR) is 133 cm³/mol. The van der Waals surface area contributed by atoms with E-state index in [2.05, 4.69) is 11.9 Å². The van der Waals surface area contributed by atoms with Crippen LogP contribution in [0.4, 0.5) is 19.3 Å². The third-order valence-corrected chi connectivity index (χ3v) is 5.53. The number of carbonyl (C=O) groups excluding carboxylic acids is 3. The first-order valence-electron chi connectivity index (χ1n) is 11.2. The summed E-state index contributed by atoms with van der Waals surface area (Å²) >= 11 is 0. The molecule has 1 heterocycles. The monoisotopic (exact) mass is 504 g/mol. The Bertz CT molecular complexity index is 1400. The van der Waals surface area contributed by atoms with Crippen molar-refractivity contribution >= 4 is 29.6 Å². The van der Waals surface area contributed by atoms with Crippen molar-refractivity contribution in [2.24, 2.45) is 0 Å². The number of barbiturate groups is 1. The van der Waals surface area contributed by atoms with Crippen LogP contribution < -0.4 is 19.7 Å². The summed E-state index contributed by atoms with van der Waals surface area (Å²) < 4.78 is 38.0. The minimum Gasteiger partial charge on any atom is -0.493 e. The fraction of sp³-hybridized carbons (Fsp3) is 0.107. The molecule has 1 N–H and O–H groups in total. The molecular formula is C28H22F2N2O5. The Hall–Kier alpha value is -4.79. The summed E-state index contributed by atoms with van der Waals surface area (Å²) in [5.41, 5.74) is 1.66. The average molecular weight is 504 g/mol. The highest BCUT2D eigenvalue weighted by molar-refractivity contribution is 6.39. The molecule has 1 aliphatic heterocycles. The lowest BCUT2D eigenvalue weighted by Crippen LogP contribution is -2.54. The van der Waals surface area contributed by atoms with E-state index < -0.39 is 23.7 Å². The minimum atomic E-state index is -0.937. The van der Waals surface area contributed by atoms with Gasteiger partial charge in [-0.1, -0.05) is 18.2 Å². The van der Waals surface area contributed by atoms with Gasteiger partial charge in [0.05, 0.1) is 12.8 Å². The van der Waals surface area contributed by atoms with Crippen molar-refractivity contribution in [1.82, 2.24) is 5.32 Å². The molecule has 0 aliphatic carbocycles. The number of anilines is 1. The van der Waals surface area contributed by atoms with Crippen molar-refractivity contribution in [2.75, 3.05) is 12.0 Å². The SMILES string of the molecule is C=CCc1cc(/C=C2\C(=O)NC(=O)N(c3ccc(F)cc3)C2=O)cc(OC)c1OCc1ccc(F)cc1. The van der Waals surface area contributed by atoms with Gasteiger partial charge in [0.25, 0.3) is 11.8 Å². The van der Waals surface area contributed by atoms with Crippen LogP contribution in [0, 0.1) is 11.6 Å². The second-order valence-corrected chi connectivity index (χ2v) is 8.05. The van der Waals surface area contributed by atoms with E-state index >= 15 is 0 Å². The highest BCUT2D eigenvalue weighted by Crippen LogP contribution is 2.35. The quantitative estimate of drug-likeness (QED) is 0.267. The van der Waals surface area contributed by atoms with E-state index in [4.69, 9.17) is 9.47 Å². The molecule has 3 aromatic carbocycles. The lowest BCUT2D eigenvalue weighted by molar-refractivity contribution is -0.122. The molecule has 4 rings (SSSR count). The Morgan fingerprint density at radius 1 is 0.973 bits per heavy atom. The molecule has 4 amide bonds. The summed E-state index contributed by atoms with van der Waals surface area (Å²) in [6.45, 7) is 3.92. The van der Waals surface area contributed by atoms with Gasteiger partial charge in [-0.3, -0.25) is 14.9 Å². The van der Waals surface area contributed by atoms with Crippen molar-refractivity contribution < 1.29 is 32.6 Å². The van der Waals surface area contributed by atoms with E-state index in [-0.39, 0.29) is 23.7 Å². The normalized spacial score (nSPS) is 14.5. The number of imide groups is 2. The topological polar surface area (TPSA) is 84.9 Å². The molecule has 188 valence electrons. The van der Waals surface area contributed by atoms with E-state index in [1.807, 2.05) is 0 Å². The molecule has 0 bridgehead atoms. The molecule has 1 saturated heterocycles. The number of carbonyl (C=O) groups is 3. The van der Waals surface area contributed by atoms with E-state index in [9.17, 15) is 23.2 Å². The smallest absolute Gasteiger partial charge is 0.335 e. The van der Waals surface area contributed by atoms with Crippen LogP contribution in [0.2, 0.25) is 0 Å². The molecule has 1 aliphatic rings. The number of halogens is 2. The summed E-state index contributed by atoms with van der Waals surface area (Å²) in [7, 11) is 1.45. The molecule has 0 radical (unpaired) electrons. The van der Waals surface area contributed by atoms with Gasteiger partial charge in [-0.15, -0.1) is 6.58 Å². The molecule has 1 fully saturated rings. The Morgan fingerprint density at radius 3 is 2.24 bits per heavy atom. The molecule has 3 aromatic rings. The number of hydrogen-bond acceptors (Lipinski definition) is 5. The van der Waals surface area contributed by atoms with Gasteiger partial charge in [0, 0.05) is 5.56 Å². The largest absolute Gasteiger partial charge is 0.493 e. The number of benzene rings is 3. The molecule has 0 spiro atoms. The van der Waals surface area contributed by atoms with Crippen LogP contribution >= 0.6 is 0 Å². The summed E-state index contributed by atoms with van der Waals surface area (Å²) in [5, 5.41) is 2.13. The summed E-state index contributed by atoms with van der Waals surface area (Å²) in [4.78, 5) is 38.8. The van der Waals surface area contributed by atoms with Crippen molar-refractivity contribution in [3.05, 3.63) is 107 Å². The van der Waals surface area contributed by atoms with E-state index in [1.165, 1.54) is 37.5 Å². The van der Waals surface area contributed by atoms with Crippen LogP contribution in [0.3, 0.4) is 0 Å². The maximum absolute atomic E-state index is 13.3. The zero-order chi connectivity index (χ0) is 26.5. The van der Waals surface area contributed by atoms with Gasteiger partial charge in [-0.2, -0.15) is 0 Å². The fourth-order valence-electron chi connectivity index (χ4n) is 3.77. The van der Waals surface area contributed by atoms with Gasteiger partial charge in [0.15, 0.2) is 11.5 Å². The van der Waals surface area contributed by atoms with Crippen LogP contribution in [-0.4, -0.2) is 25.0 Å². The molecule has 0 saturated carbocycles. The van der Waals surface area contributed by atoms with Crippen molar-refractivity contribution in [1.29, 1.82) is 0 Å². The predicted octanol–water partition coefficient (Wildman–Crippen LogP) is 4.95. The average Bonchev–Trinajstić information content (AvgIpc) is 2.88. The third-order valence-electron chi connectivity index (χ3n) is 5.53. The maximum atomic E-state index is 13.3. The number of nitrogens with zero attached hydrogens (tertiary/aromatic N) is 1. The zero-order valence-electron chi connectivity index (χ0n) is 19.8. The third kappa shape index (κ3) is 5.56. The molecule has 9 heteroatoms. The van der Waals surface area contributed by atoms with Gasteiger partial charge in [-0.25, -0.2) is 18.5 Å². The molecule has 0 unspecified atom stereocenters. The van der Waals surface area contributed by atoms with Gasteiger partial charge >= 0.3 is 6.03 Å². The zero-order valence-corrected chi connectivity index (χ0v) is 19.8. The van der Waals surface area contributed by atoms with E-state index in [1.54, 1.807) is 30.3 Å². The lowest BCUT2D eigenvalue weighted by atomic mass is 10.0. The number of amides is 4. The van der Waals surface area contributed by atoms with Crippen LogP contribution in [-0.2, 0) is 22.6 Å². The first-order chi connectivity index (χ1) is 17.8. The molecule has 37 heavy (non-hydrogen) atoms. The highest BCUT2D eigenvalue weighted by Gasteiger charge is 2.36. The summed E-state index contributed by atoms with van der Waals surface area (Å²) in [6, 6.07) is 13.0. The number of urea groups is 1. The van der Waals surface area contributed by atoms with Gasteiger partial charge in [-0.05, 0) is 72.2 Å². The molecular weight excluding hydrogens is 482 g/mol. The van der Waals surface area contributed by atoms with Gasteiger partial charge < -0.3 is 9.47 Å². The number of ether oxygens (including phenoxy) is 2. The first kappa shape index (κ1) is 25.3. The van der Waals surface area contributed by atoms with Crippen LogP contribution in [0.15, 0.2) is 78.9 Å². The fourth-order valence-corrected chi connectivity index (χ4v) is 3.77. The van der Waals surface area contributed by atoms with Crippen LogP contribution in [0.25, 0.3) is 6.08 Å². The Balaban J connectivity index is 1.69. The van der Waals surface area contributed by atoms with Crippen LogP contribution in [0.5, 0.6) is 11.5 Å². The summed E-state index contributed by atoms with van der Waals surface area (Å²) in [5.74, 6) is -1.86.